The van der Waals surface area contributed by atoms with Gasteiger partial charge in [0, 0.05) is 38.9 Å². The average Bonchev–Trinajstić information content (AvgIpc) is 2.72. The molecule has 1 atom stereocenters. The van der Waals surface area contributed by atoms with E-state index in [9.17, 15) is 13.2 Å². The first kappa shape index (κ1) is 22.4. The molecule has 0 unspecified atom stereocenters. The number of hydrogen-bond acceptors (Lipinski definition) is 6. The van der Waals surface area contributed by atoms with Crippen LogP contribution in [0.25, 0.3) is 0 Å². The van der Waals surface area contributed by atoms with Gasteiger partial charge in [-0.2, -0.15) is 4.31 Å². The van der Waals surface area contributed by atoms with Crippen LogP contribution in [-0.2, 0) is 19.6 Å². The van der Waals surface area contributed by atoms with E-state index in [1.54, 1.807) is 6.07 Å². The number of amides is 1. The molecule has 1 aromatic rings. The lowest BCUT2D eigenvalue weighted by atomic mass is 9.99. The monoisotopic (exact) mass is 414 g/mol. The molecule has 1 heterocycles. The molecule has 0 spiro atoms. The molecule has 28 heavy (non-hydrogen) atoms. The van der Waals surface area contributed by atoms with Crippen LogP contribution in [0.5, 0.6) is 11.5 Å². The van der Waals surface area contributed by atoms with Crippen LogP contribution in [0.15, 0.2) is 23.1 Å². The summed E-state index contributed by atoms with van der Waals surface area (Å²) in [5.74, 6) is 0.355. The quantitative estimate of drug-likeness (QED) is 0.585. The van der Waals surface area contributed by atoms with Crippen molar-refractivity contribution < 1.29 is 27.4 Å². The lowest BCUT2D eigenvalue weighted by Gasteiger charge is -2.31. The zero-order chi connectivity index (χ0) is 20.6. The van der Waals surface area contributed by atoms with Crippen molar-refractivity contribution in [1.82, 2.24) is 9.62 Å². The van der Waals surface area contributed by atoms with Crippen molar-refractivity contribution in [1.29, 1.82) is 0 Å². The highest BCUT2D eigenvalue weighted by Crippen LogP contribution is 2.32. The van der Waals surface area contributed by atoms with Gasteiger partial charge in [-0.15, -0.1) is 0 Å². The Morgan fingerprint density at radius 2 is 2.00 bits per heavy atom. The second-order valence-corrected chi connectivity index (χ2v) is 8.50. The van der Waals surface area contributed by atoms with Crippen LogP contribution >= 0.6 is 0 Å². The average molecular weight is 415 g/mol. The van der Waals surface area contributed by atoms with Crippen LogP contribution in [0.4, 0.5) is 0 Å². The molecule has 9 heteroatoms. The van der Waals surface area contributed by atoms with Crippen LogP contribution in [0, 0.1) is 5.92 Å². The van der Waals surface area contributed by atoms with Gasteiger partial charge in [0.2, 0.25) is 15.9 Å². The topological polar surface area (TPSA) is 94.2 Å². The fourth-order valence-corrected chi connectivity index (χ4v) is 4.72. The number of hydrogen-bond donors (Lipinski definition) is 1. The van der Waals surface area contributed by atoms with E-state index in [1.807, 2.05) is 6.92 Å². The minimum absolute atomic E-state index is 0.108. The fourth-order valence-electron chi connectivity index (χ4n) is 3.18. The van der Waals surface area contributed by atoms with E-state index in [0.717, 1.165) is 6.42 Å². The van der Waals surface area contributed by atoms with Crippen molar-refractivity contribution in [2.24, 2.45) is 5.92 Å². The second-order valence-electron chi connectivity index (χ2n) is 6.56. The third kappa shape index (κ3) is 5.59. The molecule has 0 aromatic heterocycles. The molecule has 2 rings (SSSR count). The summed E-state index contributed by atoms with van der Waals surface area (Å²) in [5, 5.41) is 2.88. The summed E-state index contributed by atoms with van der Waals surface area (Å²) in [6, 6.07) is 4.51. The molecule has 1 aromatic carbocycles. The minimum Gasteiger partial charge on any atom is -0.493 e. The number of nitrogens with one attached hydrogen (secondary N) is 1. The van der Waals surface area contributed by atoms with E-state index in [4.69, 9.17) is 14.2 Å². The van der Waals surface area contributed by atoms with E-state index in [1.165, 1.54) is 30.7 Å². The van der Waals surface area contributed by atoms with Crippen LogP contribution in [0.2, 0.25) is 0 Å². The Balaban J connectivity index is 2.03. The predicted octanol–water partition coefficient (Wildman–Crippen LogP) is 1.65. The maximum atomic E-state index is 13.0. The van der Waals surface area contributed by atoms with Crippen molar-refractivity contribution >= 4 is 15.9 Å². The van der Waals surface area contributed by atoms with Crippen LogP contribution in [0.3, 0.4) is 0 Å². The van der Waals surface area contributed by atoms with Gasteiger partial charge < -0.3 is 19.5 Å². The van der Waals surface area contributed by atoms with E-state index in [0.29, 0.717) is 50.6 Å². The van der Waals surface area contributed by atoms with E-state index < -0.39 is 10.0 Å². The van der Waals surface area contributed by atoms with Gasteiger partial charge in [-0.25, -0.2) is 8.42 Å². The Morgan fingerprint density at radius 3 is 2.68 bits per heavy atom. The van der Waals surface area contributed by atoms with E-state index >= 15 is 0 Å². The van der Waals surface area contributed by atoms with Crippen molar-refractivity contribution in [2.75, 3.05) is 47.1 Å². The molecule has 0 radical (unpaired) electrons. The molecule has 1 N–H and O–H groups in total. The van der Waals surface area contributed by atoms with Gasteiger partial charge in [0.25, 0.3) is 0 Å². The highest BCUT2D eigenvalue weighted by Gasteiger charge is 2.33. The molecule has 0 bridgehead atoms. The lowest BCUT2D eigenvalue weighted by Crippen LogP contribution is -2.45. The number of carbonyl (C=O) groups is 1. The Morgan fingerprint density at radius 1 is 1.25 bits per heavy atom. The Hall–Kier alpha value is -1.84. The van der Waals surface area contributed by atoms with Crippen molar-refractivity contribution in [3.8, 4) is 11.5 Å². The van der Waals surface area contributed by atoms with Crippen molar-refractivity contribution in [2.45, 2.75) is 31.1 Å². The Kier molecular flexibility index (Phi) is 8.53. The largest absolute Gasteiger partial charge is 0.493 e. The Bertz CT molecular complexity index is 753. The van der Waals surface area contributed by atoms with Crippen LogP contribution < -0.4 is 14.8 Å². The van der Waals surface area contributed by atoms with E-state index in [2.05, 4.69) is 5.32 Å². The summed E-state index contributed by atoms with van der Waals surface area (Å²) in [6.07, 6.45) is 2.05. The van der Waals surface area contributed by atoms with Gasteiger partial charge in [-0.05, 0) is 38.3 Å². The first-order valence-electron chi connectivity index (χ1n) is 9.51. The van der Waals surface area contributed by atoms with Gasteiger partial charge in [0.05, 0.1) is 25.0 Å². The molecule has 1 aliphatic heterocycles. The molecule has 8 nitrogen and oxygen atoms in total. The number of rotatable bonds is 10. The number of methoxy groups -OCH3 is 2. The van der Waals surface area contributed by atoms with E-state index in [-0.39, 0.29) is 23.3 Å². The fraction of sp³-hybridized carbons (Fsp3) is 0.632. The van der Waals surface area contributed by atoms with Gasteiger partial charge in [0.15, 0.2) is 11.5 Å². The summed E-state index contributed by atoms with van der Waals surface area (Å²) in [4.78, 5) is 12.5. The highest BCUT2D eigenvalue weighted by molar-refractivity contribution is 7.89. The standard InChI is InChI=1S/C19H30N2O6S/c1-4-27-12-6-10-20-19(22)15-7-5-11-21(14-15)28(23,24)16-8-9-17(25-2)18(13-16)26-3/h8-9,13,15H,4-7,10-12,14H2,1-3H3,(H,20,22)/t15-/m1/s1. The SMILES string of the molecule is CCOCCCNC(=O)[C@@H]1CCCN(S(=O)(=O)c2ccc(OC)c(OC)c2)C1. The number of nitrogens with zero attached hydrogens (tertiary/aromatic N) is 1. The molecule has 0 aliphatic carbocycles. The van der Waals surface area contributed by atoms with Gasteiger partial charge in [0.1, 0.15) is 0 Å². The lowest BCUT2D eigenvalue weighted by molar-refractivity contribution is -0.126. The Labute approximate surface area is 167 Å². The summed E-state index contributed by atoms with van der Waals surface area (Å²) in [7, 11) is -0.767. The first-order chi connectivity index (χ1) is 13.4. The normalized spacial score (nSPS) is 17.9. The number of sulfonamides is 1. The highest BCUT2D eigenvalue weighted by atomic mass is 32.2. The maximum Gasteiger partial charge on any atom is 0.243 e. The van der Waals surface area contributed by atoms with Crippen molar-refractivity contribution in [3.63, 3.8) is 0 Å². The molecule has 1 fully saturated rings. The van der Waals surface area contributed by atoms with Crippen molar-refractivity contribution in [3.05, 3.63) is 18.2 Å². The summed E-state index contributed by atoms with van der Waals surface area (Å²) in [6.45, 7) is 4.27. The second kappa shape index (κ2) is 10.6. The number of ether oxygens (including phenoxy) is 3. The minimum atomic E-state index is -3.72. The van der Waals surface area contributed by atoms with Crippen LogP contribution in [0.1, 0.15) is 26.2 Å². The summed E-state index contributed by atoms with van der Waals surface area (Å²) in [5.41, 5.74) is 0. The zero-order valence-electron chi connectivity index (χ0n) is 16.8. The summed E-state index contributed by atoms with van der Waals surface area (Å²) >= 11 is 0. The predicted molar refractivity (Wildman–Crippen MR) is 105 cm³/mol. The van der Waals surface area contributed by atoms with Gasteiger partial charge in [-0.3, -0.25) is 4.79 Å². The maximum absolute atomic E-state index is 13.0. The van der Waals surface area contributed by atoms with Gasteiger partial charge >= 0.3 is 0 Å². The zero-order valence-corrected chi connectivity index (χ0v) is 17.6. The number of benzene rings is 1. The van der Waals surface area contributed by atoms with Gasteiger partial charge in [-0.1, -0.05) is 0 Å². The third-order valence-corrected chi connectivity index (χ3v) is 6.58. The molecular formula is C19H30N2O6S. The molecule has 1 saturated heterocycles. The summed E-state index contributed by atoms with van der Waals surface area (Å²) < 4.78 is 43.1. The molecule has 0 saturated carbocycles. The first-order valence-corrected chi connectivity index (χ1v) is 11.0. The number of piperidine rings is 1. The van der Waals surface area contributed by atoms with Crippen LogP contribution in [-0.4, -0.2) is 65.7 Å². The smallest absolute Gasteiger partial charge is 0.243 e. The molecule has 1 amide bonds. The molecule has 1 aliphatic rings. The molecular weight excluding hydrogens is 384 g/mol. The third-order valence-electron chi connectivity index (χ3n) is 4.72. The number of carbonyl (C=O) groups excluding carboxylic acids is 1. The molecule has 158 valence electrons.